The SMILES string of the molecule is C=C/C=C(Cl)\C(=C/C)C(=O)O.CC. The van der Waals surface area contributed by atoms with E-state index in [4.69, 9.17) is 16.7 Å². The Hall–Kier alpha value is -1.02. The fourth-order valence-electron chi connectivity index (χ4n) is 0.557. The molecule has 0 bridgehead atoms. The van der Waals surface area contributed by atoms with E-state index in [0.29, 0.717) is 0 Å². The molecular weight excluding hydrogens is 188 g/mol. The molecule has 13 heavy (non-hydrogen) atoms. The van der Waals surface area contributed by atoms with Gasteiger partial charge in [-0.3, -0.25) is 0 Å². The molecule has 0 amide bonds. The van der Waals surface area contributed by atoms with Crippen molar-refractivity contribution in [1.29, 1.82) is 0 Å². The van der Waals surface area contributed by atoms with E-state index in [2.05, 4.69) is 6.58 Å². The van der Waals surface area contributed by atoms with Gasteiger partial charge >= 0.3 is 5.97 Å². The second kappa shape index (κ2) is 9.07. The molecule has 0 aromatic heterocycles. The van der Waals surface area contributed by atoms with Crippen LogP contribution < -0.4 is 0 Å². The summed E-state index contributed by atoms with van der Waals surface area (Å²) in [5.41, 5.74) is 0.0894. The van der Waals surface area contributed by atoms with Gasteiger partial charge in [0.2, 0.25) is 0 Å². The summed E-state index contributed by atoms with van der Waals surface area (Å²) in [5, 5.41) is 8.73. The average molecular weight is 203 g/mol. The second-order valence-electron chi connectivity index (χ2n) is 1.76. The van der Waals surface area contributed by atoms with Gasteiger partial charge in [0, 0.05) is 0 Å². The largest absolute Gasteiger partial charge is 0.478 e. The zero-order chi connectivity index (χ0) is 10.9. The normalized spacial score (nSPS) is 11.4. The van der Waals surface area contributed by atoms with Gasteiger partial charge in [-0.2, -0.15) is 0 Å². The number of carboxylic acid groups (broad SMARTS) is 1. The lowest BCUT2D eigenvalue weighted by Crippen LogP contribution is -1.99. The minimum absolute atomic E-state index is 0.0894. The Balaban J connectivity index is 0. The lowest BCUT2D eigenvalue weighted by molar-refractivity contribution is -0.132. The maximum absolute atomic E-state index is 10.4. The summed E-state index contributed by atoms with van der Waals surface area (Å²) < 4.78 is 0. The van der Waals surface area contributed by atoms with Crippen LogP contribution in [0.5, 0.6) is 0 Å². The van der Waals surface area contributed by atoms with Crippen molar-refractivity contribution in [2.45, 2.75) is 20.8 Å². The Kier molecular flexibility index (Phi) is 10.1. The molecule has 0 unspecified atom stereocenters. The lowest BCUT2D eigenvalue weighted by Gasteiger charge is -1.96. The number of rotatable bonds is 3. The van der Waals surface area contributed by atoms with Crippen LogP contribution in [0.25, 0.3) is 0 Å². The van der Waals surface area contributed by atoms with E-state index in [1.807, 2.05) is 13.8 Å². The second-order valence-corrected chi connectivity index (χ2v) is 2.17. The van der Waals surface area contributed by atoms with E-state index in [-0.39, 0.29) is 10.6 Å². The first kappa shape index (κ1) is 14.5. The van der Waals surface area contributed by atoms with Gasteiger partial charge in [-0.25, -0.2) is 4.79 Å². The minimum Gasteiger partial charge on any atom is -0.478 e. The molecule has 0 heterocycles. The lowest BCUT2D eigenvalue weighted by atomic mass is 10.2. The van der Waals surface area contributed by atoms with Gasteiger partial charge in [0.05, 0.1) is 10.6 Å². The van der Waals surface area contributed by atoms with Gasteiger partial charge in [-0.1, -0.05) is 44.2 Å². The highest BCUT2D eigenvalue weighted by Gasteiger charge is 2.07. The Morgan fingerprint density at radius 3 is 2.15 bits per heavy atom. The van der Waals surface area contributed by atoms with Crippen molar-refractivity contribution < 1.29 is 9.90 Å². The quantitative estimate of drug-likeness (QED) is 0.563. The number of carboxylic acids is 1. The van der Waals surface area contributed by atoms with Gasteiger partial charge in [-0.15, -0.1) is 0 Å². The first-order valence-corrected chi connectivity index (χ1v) is 4.39. The van der Waals surface area contributed by atoms with Gasteiger partial charge < -0.3 is 5.11 Å². The molecule has 0 atom stereocenters. The molecule has 0 aliphatic heterocycles. The van der Waals surface area contributed by atoms with Crippen molar-refractivity contribution in [2.24, 2.45) is 0 Å². The number of hydrogen-bond donors (Lipinski definition) is 1. The topological polar surface area (TPSA) is 37.3 Å². The van der Waals surface area contributed by atoms with Gasteiger partial charge in [0.25, 0.3) is 0 Å². The Bertz CT molecular complexity index is 227. The highest BCUT2D eigenvalue weighted by molar-refractivity contribution is 6.35. The molecule has 3 heteroatoms. The van der Waals surface area contributed by atoms with Crippen LogP contribution in [-0.2, 0) is 4.79 Å². The highest BCUT2D eigenvalue weighted by atomic mass is 35.5. The van der Waals surface area contributed by atoms with E-state index in [1.165, 1.54) is 18.2 Å². The molecular formula is C10H15ClO2. The molecule has 1 N–H and O–H groups in total. The van der Waals surface area contributed by atoms with E-state index in [0.717, 1.165) is 0 Å². The number of carbonyl (C=O) groups is 1. The molecule has 0 saturated carbocycles. The van der Waals surface area contributed by atoms with Crippen LogP contribution in [0.15, 0.2) is 35.4 Å². The third kappa shape index (κ3) is 6.17. The average Bonchev–Trinajstić information content (AvgIpc) is 2.09. The first-order valence-electron chi connectivity index (χ1n) is 4.01. The highest BCUT2D eigenvalue weighted by Crippen LogP contribution is 2.14. The monoisotopic (exact) mass is 202 g/mol. The van der Waals surface area contributed by atoms with E-state index < -0.39 is 5.97 Å². The molecule has 0 aliphatic carbocycles. The molecule has 0 aromatic rings. The number of allylic oxidation sites excluding steroid dienone is 3. The fourth-order valence-corrected chi connectivity index (χ4v) is 0.836. The molecule has 2 nitrogen and oxygen atoms in total. The number of halogens is 1. The molecule has 0 aliphatic rings. The molecule has 0 spiro atoms. The predicted molar refractivity (Wildman–Crippen MR) is 56.9 cm³/mol. The maximum atomic E-state index is 10.4. The summed E-state index contributed by atoms with van der Waals surface area (Å²) in [5.74, 6) is -1.03. The van der Waals surface area contributed by atoms with E-state index >= 15 is 0 Å². The molecule has 0 radical (unpaired) electrons. The molecule has 0 aromatic carbocycles. The summed E-state index contributed by atoms with van der Waals surface area (Å²) in [6.07, 6.45) is 4.31. The maximum Gasteiger partial charge on any atom is 0.336 e. The summed E-state index contributed by atoms with van der Waals surface area (Å²) in [6, 6.07) is 0. The molecule has 74 valence electrons. The first-order chi connectivity index (χ1) is 6.13. The summed E-state index contributed by atoms with van der Waals surface area (Å²) in [6.45, 7) is 9.01. The van der Waals surface area contributed by atoms with Crippen molar-refractivity contribution in [3.05, 3.63) is 35.4 Å². The Morgan fingerprint density at radius 2 is 1.92 bits per heavy atom. The van der Waals surface area contributed by atoms with Gasteiger partial charge in [0.15, 0.2) is 0 Å². The standard InChI is InChI=1S/C8H9ClO2.C2H6/c1-3-5-7(9)6(4-2)8(10)11;1-2/h3-5H,1H2,2H3,(H,10,11);1-2H3/b6-4+,7-5+;. The molecule has 0 saturated heterocycles. The Morgan fingerprint density at radius 1 is 1.46 bits per heavy atom. The van der Waals surface area contributed by atoms with E-state index in [9.17, 15) is 4.79 Å². The smallest absolute Gasteiger partial charge is 0.336 e. The van der Waals surface area contributed by atoms with Crippen LogP contribution >= 0.6 is 11.6 Å². The predicted octanol–water partition coefficient (Wildman–Crippen LogP) is 3.35. The van der Waals surface area contributed by atoms with Crippen molar-refractivity contribution in [1.82, 2.24) is 0 Å². The fraction of sp³-hybridized carbons (Fsp3) is 0.300. The Labute approximate surface area is 84.2 Å². The van der Waals surface area contributed by atoms with E-state index in [1.54, 1.807) is 6.92 Å². The van der Waals surface area contributed by atoms with Crippen LogP contribution in [0.1, 0.15) is 20.8 Å². The van der Waals surface area contributed by atoms with Crippen LogP contribution in [0.4, 0.5) is 0 Å². The zero-order valence-electron chi connectivity index (χ0n) is 8.17. The van der Waals surface area contributed by atoms with Gasteiger partial charge in [0.1, 0.15) is 0 Å². The third-order valence-electron chi connectivity index (χ3n) is 1.04. The summed E-state index contributed by atoms with van der Waals surface area (Å²) in [4.78, 5) is 10.4. The molecule has 0 rings (SSSR count). The minimum atomic E-state index is -1.03. The van der Waals surface area contributed by atoms with Crippen molar-refractivity contribution in [3.63, 3.8) is 0 Å². The zero-order valence-corrected chi connectivity index (χ0v) is 8.93. The van der Waals surface area contributed by atoms with Crippen LogP contribution in [0.2, 0.25) is 0 Å². The summed E-state index contributed by atoms with van der Waals surface area (Å²) in [7, 11) is 0. The number of hydrogen-bond acceptors (Lipinski definition) is 1. The van der Waals surface area contributed by atoms with Crippen LogP contribution in [-0.4, -0.2) is 11.1 Å². The number of aliphatic carboxylic acids is 1. The van der Waals surface area contributed by atoms with Crippen molar-refractivity contribution in [2.75, 3.05) is 0 Å². The van der Waals surface area contributed by atoms with Crippen LogP contribution in [0.3, 0.4) is 0 Å². The van der Waals surface area contributed by atoms with Gasteiger partial charge in [-0.05, 0) is 13.0 Å². The van der Waals surface area contributed by atoms with Crippen LogP contribution in [0, 0.1) is 0 Å². The van der Waals surface area contributed by atoms with Crippen molar-refractivity contribution in [3.8, 4) is 0 Å². The summed E-state index contributed by atoms with van der Waals surface area (Å²) >= 11 is 5.58. The van der Waals surface area contributed by atoms with Crippen molar-refractivity contribution >= 4 is 17.6 Å². The molecule has 0 fully saturated rings. The third-order valence-corrected chi connectivity index (χ3v) is 1.37.